The Morgan fingerprint density at radius 1 is 1.36 bits per heavy atom. The first-order valence-corrected chi connectivity index (χ1v) is 6.77. The molecular formula is C15H13ClFNO4. The Bertz CT molecular complexity index is 713. The van der Waals surface area contributed by atoms with E-state index in [0.717, 1.165) is 6.07 Å². The van der Waals surface area contributed by atoms with E-state index in [-0.39, 0.29) is 16.3 Å². The van der Waals surface area contributed by atoms with Crippen LogP contribution in [0.15, 0.2) is 34.9 Å². The van der Waals surface area contributed by atoms with Gasteiger partial charge in [-0.1, -0.05) is 11.6 Å². The van der Waals surface area contributed by atoms with Crippen molar-refractivity contribution in [3.05, 3.63) is 52.7 Å². The molecule has 1 aromatic heterocycles. The molecule has 0 fully saturated rings. The summed E-state index contributed by atoms with van der Waals surface area (Å²) in [5, 5.41) is 2.54. The van der Waals surface area contributed by atoms with Crippen LogP contribution in [0, 0.1) is 12.7 Å². The predicted molar refractivity (Wildman–Crippen MR) is 78.4 cm³/mol. The largest absolute Gasteiger partial charge is 0.469 e. The molecule has 0 aliphatic rings. The Morgan fingerprint density at radius 3 is 2.68 bits per heavy atom. The zero-order valence-corrected chi connectivity index (χ0v) is 12.6. The number of hydrogen-bond donors (Lipinski definition) is 1. The molecule has 116 valence electrons. The topological polar surface area (TPSA) is 68.5 Å². The average molecular weight is 326 g/mol. The number of anilines is 1. The van der Waals surface area contributed by atoms with Crippen LogP contribution in [0.25, 0.3) is 0 Å². The minimum atomic E-state index is -1.10. The highest BCUT2D eigenvalue weighted by Gasteiger charge is 2.22. The molecule has 0 spiro atoms. The normalized spacial score (nSPS) is 11.8. The number of ether oxygens (including phenoxy) is 1. The summed E-state index contributed by atoms with van der Waals surface area (Å²) in [6, 6.07) is 5.28. The molecule has 0 radical (unpaired) electrons. The maximum absolute atomic E-state index is 13.6. The summed E-state index contributed by atoms with van der Waals surface area (Å²) in [5.74, 6) is -1.63. The first-order valence-electron chi connectivity index (χ1n) is 6.39. The van der Waals surface area contributed by atoms with Crippen LogP contribution < -0.4 is 5.32 Å². The van der Waals surface area contributed by atoms with Crippen LogP contribution in [-0.4, -0.2) is 18.0 Å². The van der Waals surface area contributed by atoms with Gasteiger partial charge in [0, 0.05) is 5.02 Å². The number of esters is 1. The minimum Gasteiger partial charge on any atom is -0.469 e. The lowest BCUT2D eigenvalue weighted by atomic mass is 10.2. The van der Waals surface area contributed by atoms with E-state index in [2.05, 4.69) is 5.32 Å². The number of benzene rings is 1. The number of carbonyl (C=O) groups is 2. The maximum atomic E-state index is 13.6. The SMILES string of the molecule is Cc1occc1C(=O)O[C@H](C)C(=O)Nc1ccc(Cl)cc1F. The number of nitrogens with one attached hydrogen (secondary N) is 1. The summed E-state index contributed by atoms with van der Waals surface area (Å²) in [6.45, 7) is 2.99. The van der Waals surface area contributed by atoms with Gasteiger partial charge in [-0.25, -0.2) is 9.18 Å². The van der Waals surface area contributed by atoms with Gasteiger partial charge in [-0.2, -0.15) is 0 Å². The Kier molecular flexibility index (Phi) is 4.82. The van der Waals surface area contributed by atoms with E-state index in [1.54, 1.807) is 6.92 Å². The molecule has 2 rings (SSSR count). The first kappa shape index (κ1) is 16.0. The van der Waals surface area contributed by atoms with Gasteiger partial charge < -0.3 is 14.5 Å². The van der Waals surface area contributed by atoms with Crippen molar-refractivity contribution in [2.24, 2.45) is 0 Å². The van der Waals surface area contributed by atoms with Gasteiger partial charge in [-0.3, -0.25) is 4.79 Å². The molecule has 5 nitrogen and oxygen atoms in total. The highest BCUT2D eigenvalue weighted by Crippen LogP contribution is 2.19. The van der Waals surface area contributed by atoms with Gasteiger partial charge in [0.05, 0.1) is 12.0 Å². The van der Waals surface area contributed by atoms with Gasteiger partial charge in [0.25, 0.3) is 5.91 Å². The van der Waals surface area contributed by atoms with Gasteiger partial charge in [0.15, 0.2) is 6.10 Å². The lowest BCUT2D eigenvalue weighted by Gasteiger charge is -2.13. The number of furan rings is 1. The number of halogens is 2. The minimum absolute atomic E-state index is 0.0446. The third-order valence-electron chi connectivity index (χ3n) is 2.92. The molecule has 0 unspecified atom stereocenters. The molecule has 22 heavy (non-hydrogen) atoms. The molecule has 0 saturated heterocycles. The van der Waals surface area contributed by atoms with Crippen molar-refractivity contribution in [2.75, 3.05) is 5.32 Å². The number of amides is 1. The average Bonchev–Trinajstić information content (AvgIpc) is 2.88. The summed E-state index contributed by atoms with van der Waals surface area (Å²) in [7, 11) is 0. The monoisotopic (exact) mass is 325 g/mol. The van der Waals surface area contributed by atoms with E-state index in [1.165, 1.54) is 31.4 Å². The van der Waals surface area contributed by atoms with Crippen LogP contribution >= 0.6 is 11.6 Å². The van der Waals surface area contributed by atoms with Crippen LogP contribution in [0.1, 0.15) is 23.0 Å². The smallest absolute Gasteiger partial charge is 0.342 e. The molecule has 2 aromatic rings. The molecule has 0 bridgehead atoms. The number of carbonyl (C=O) groups excluding carboxylic acids is 2. The van der Waals surface area contributed by atoms with E-state index < -0.39 is 23.8 Å². The molecule has 0 aliphatic heterocycles. The number of aryl methyl sites for hydroxylation is 1. The molecule has 1 heterocycles. The van der Waals surface area contributed by atoms with Crippen molar-refractivity contribution in [3.63, 3.8) is 0 Å². The third-order valence-corrected chi connectivity index (χ3v) is 3.16. The highest BCUT2D eigenvalue weighted by atomic mass is 35.5. The second-order valence-electron chi connectivity index (χ2n) is 4.55. The third kappa shape index (κ3) is 3.65. The summed E-state index contributed by atoms with van der Waals surface area (Å²) in [6.07, 6.45) is 0.247. The second kappa shape index (κ2) is 6.62. The molecule has 7 heteroatoms. The number of hydrogen-bond acceptors (Lipinski definition) is 4. The van der Waals surface area contributed by atoms with Crippen molar-refractivity contribution in [3.8, 4) is 0 Å². The molecule has 1 N–H and O–H groups in total. The van der Waals surface area contributed by atoms with Crippen LogP contribution in [-0.2, 0) is 9.53 Å². The van der Waals surface area contributed by atoms with E-state index in [0.29, 0.717) is 5.76 Å². The zero-order chi connectivity index (χ0) is 16.3. The van der Waals surface area contributed by atoms with Gasteiger partial charge >= 0.3 is 5.97 Å². The standard InChI is InChI=1S/C15H13ClFNO4/c1-8-11(5-6-21-8)15(20)22-9(2)14(19)18-13-4-3-10(16)7-12(13)17/h3-7,9H,1-2H3,(H,18,19)/t9-/m1/s1. The molecule has 1 amide bonds. The fourth-order valence-electron chi connectivity index (χ4n) is 1.70. The van der Waals surface area contributed by atoms with E-state index >= 15 is 0 Å². The van der Waals surface area contributed by atoms with Crippen molar-refractivity contribution in [1.29, 1.82) is 0 Å². The lowest BCUT2D eigenvalue weighted by Crippen LogP contribution is -2.30. The van der Waals surface area contributed by atoms with Gasteiger partial charge in [-0.05, 0) is 38.1 Å². The first-order chi connectivity index (χ1) is 10.4. The fraction of sp³-hybridized carbons (Fsp3) is 0.200. The second-order valence-corrected chi connectivity index (χ2v) is 4.99. The van der Waals surface area contributed by atoms with Crippen LogP contribution in [0.5, 0.6) is 0 Å². The van der Waals surface area contributed by atoms with E-state index in [4.69, 9.17) is 20.8 Å². The summed E-state index contributed by atoms with van der Waals surface area (Å²) in [5.41, 5.74) is 0.189. The van der Waals surface area contributed by atoms with Gasteiger partial charge in [-0.15, -0.1) is 0 Å². The summed E-state index contributed by atoms with van der Waals surface area (Å²) >= 11 is 5.63. The van der Waals surface area contributed by atoms with Crippen molar-refractivity contribution in [2.45, 2.75) is 20.0 Å². The molecule has 0 saturated carbocycles. The molecule has 1 aromatic carbocycles. The van der Waals surface area contributed by atoms with Crippen LogP contribution in [0.2, 0.25) is 5.02 Å². The van der Waals surface area contributed by atoms with Crippen LogP contribution in [0.3, 0.4) is 0 Å². The fourth-order valence-corrected chi connectivity index (χ4v) is 1.86. The van der Waals surface area contributed by atoms with Crippen molar-refractivity contribution < 1.29 is 23.1 Å². The van der Waals surface area contributed by atoms with E-state index in [1.807, 2.05) is 0 Å². The summed E-state index contributed by atoms with van der Waals surface area (Å²) in [4.78, 5) is 23.8. The predicted octanol–water partition coefficient (Wildman–Crippen LogP) is 3.56. The zero-order valence-electron chi connectivity index (χ0n) is 11.9. The molecule has 1 atom stereocenters. The summed E-state index contributed by atoms with van der Waals surface area (Å²) < 4.78 is 23.6. The Labute approximate surface area is 131 Å². The molecule has 0 aliphatic carbocycles. The van der Waals surface area contributed by atoms with Gasteiger partial charge in [0.1, 0.15) is 17.1 Å². The lowest BCUT2D eigenvalue weighted by molar-refractivity contribution is -0.123. The Hall–Kier alpha value is -2.34. The highest BCUT2D eigenvalue weighted by molar-refractivity contribution is 6.30. The van der Waals surface area contributed by atoms with Crippen molar-refractivity contribution >= 4 is 29.2 Å². The van der Waals surface area contributed by atoms with Crippen LogP contribution in [0.4, 0.5) is 10.1 Å². The van der Waals surface area contributed by atoms with Gasteiger partial charge in [0.2, 0.25) is 0 Å². The maximum Gasteiger partial charge on any atom is 0.342 e. The Morgan fingerprint density at radius 2 is 2.09 bits per heavy atom. The quantitative estimate of drug-likeness (QED) is 0.873. The van der Waals surface area contributed by atoms with E-state index in [9.17, 15) is 14.0 Å². The van der Waals surface area contributed by atoms with Crippen molar-refractivity contribution in [1.82, 2.24) is 0 Å². The Balaban J connectivity index is 2.00. The number of rotatable bonds is 4. The molecular weight excluding hydrogens is 313 g/mol.